The number of carbonyl (C=O) groups is 2. The third-order valence-corrected chi connectivity index (χ3v) is 5.70. The van der Waals surface area contributed by atoms with Gasteiger partial charge in [-0.3, -0.25) is 9.59 Å². The standard InChI is InChI=1S/C17H20BrNO4/c1-11(23-14-5-3-2-4-13(14)18)15(20)19-8-6-17(7-9-19)10-12(17)16(21)22/h2-5,11-12H,6-10H2,1H3,(H,21,22). The number of aliphatic carboxylic acids is 1. The summed E-state index contributed by atoms with van der Waals surface area (Å²) in [6, 6.07) is 7.44. The molecule has 2 atom stereocenters. The minimum absolute atomic E-state index is 0.0388. The minimum Gasteiger partial charge on any atom is -0.481 e. The first-order valence-electron chi connectivity index (χ1n) is 7.86. The van der Waals surface area contributed by atoms with Crippen molar-refractivity contribution in [3.8, 4) is 5.75 Å². The van der Waals surface area contributed by atoms with Crippen molar-refractivity contribution in [2.75, 3.05) is 13.1 Å². The number of ether oxygens (including phenoxy) is 1. The number of carboxylic acids is 1. The zero-order valence-electron chi connectivity index (χ0n) is 13.0. The van der Waals surface area contributed by atoms with Crippen LogP contribution in [0.15, 0.2) is 28.7 Å². The summed E-state index contributed by atoms with van der Waals surface area (Å²) in [5.74, 6) is -0.304. The molecule has 124 valence electrons. The fourth-order valence-corrected chi connectivity index (χ4v) is 3.84. The lowest BCUT2D eigenvalue weighted by Gasteiger charge is -2.34. The summed E-state index contributed by atoms with van der Waals surface area (Å²) < 4.78 is 6.57. The maximum absolute atomic E-state index is 12.5. The number of nitrogens with zero attached hydrogens (tertiary/aromatic N) is 1. The van der Waals surface area contributed by atoms with Gasteiger partial charge in [0, 0.05) is 13.1 Å². The number of rotatable bonds is 4. The summed E-state index contributed by atoms with van der Waals surface area (Å²) in [6.45, 7) is 2.99. The fraction of sp³-hybridized carbons (Fsp3) is 0.529. The van der Waals surface area contributed by atoms with Crippen LogP contribution >= 0.6 is 15.9 Å². The van der Waals surface area contributed by atoms with Crippen LogP contribution in [-0.2, 0) is 9.59 Å². The van der Waals surface area contributed by atoms with E-state index in [0.29, 0.717) is 18.8 Å². The maximum Gasteiger partial charge on any atom is 0.307 e. The molecule has 1 aromatic carbocycles. The van der Waals surface area contributed by atoms with E-state index in [1.165, 1.54) is 0 Å². The van der Waals surface area contributed by atoms with Crippen LogP contribution in [0.4, 0.5) is 0 Å². The number of carboxylic acid groups (broad SMARTS) is 1. The van der Waals surface area contributed by atoms with Gasteiger partial charge in [-0.25, -0.2) is 0 Å². The second kappa shape index (κ2) is 6.15. The van der Waals surface area contributed by atoms with Crippen LogP contribution in [0.1, 0.15) is 26.2 Å². The van der Waals surface area contributed by atoms with Gasteiger partial charge in [0.05, 0.1) is 10.4 Å². The number of halogens is 1. The zero-order chi connectivity index (χ0) is 16.6. The third kappa shape index (κ3) is 3.22. The highest BCUT2D eigenvalue weighted by Gasteiger charge is 2.59. The lowest BCUT2D eigenvalue weighted by Crippen LogP contribution is -2.45. The summed E-state index contributed by atoms with van der Waals surface area (Å²) in [6.07, 6.45) is 1.75. The summed E-state index contributed by atoms with van der Waals surface area (Å²) in [4.78, 5) is 25.4. The average Bonchev–Trinajstić information content (AvgIpc) is 3.23. The van der Waals surface area contributed by atoms with E-state index in [1.54, 1.807) is 11.8 Å². The lowest BCUT2D eigenvalue weighted by molar-refractivity contribution is -0.141. The maximum atomic E-state index is 12.5. The molecule has 0 bridgehead atoms. The van der Waals surface area contributed by atoms with E-state index in [1.807, 2.05) is 24.3 Å². The van der Waals surface area contributed by atoms with Crippen molar-refractivity contribution in [1.82, 2.24) is 4.90 Å². The van der Waals surface area contributed by atoms with E-state index in [2.05, 4.69) is 15.9 Å². The fourth-order valence-electron chi connectivity index (χ4n) is 3.46. The molecule has 1 N–H and O–H groups in total. The highest BCUT2D eigenvalue weighted by molar-refractivity contribution is 9.10. The average molecular weight is 382 g/mol. The largest absolute Gasteiger partial charge is 0.481 e. The Bertz CT molecular complexity index is 625. The van der Waals surface area contributed by atoms with Crippen molar-refractivity contribution in [1.29, 1.82) is 0 Å². The molecular formula is C17H20BrNO4. The van der Waals surface area contributed by atoms with Crippen LogP contribution in [0.25, 0.3) is 0 Å². The van der Waals surface area contributed by atoms with Crippen LogP contribution in [0.3, 0.4) is 0 Å². The third-order valence-electron chi connectivity index (χ3n) is 5.05. The molecule has 1 amide bonds. The zero-order valence-corrected chi connectivity index (χ0v) is 14.6. The Morgan fingerprint density at radius 1 is 1.35 bits per heavy atom. The minimum atomic E-state index is -0.699. The van der Waals surface area contributed by atoms with E-state index >= 15 is 0 Å². The molecule has 1 saturated heterocycles. The van der Waals surface area contributed by atoms with Crippen molar-refractivity contribution >= 4 is 27.8 Å². The predicted octanol–water partition coefficient (Wildman–Crippen LogP) is 2.93. The van der Waals surface area contributed by atoms with Gasteiger partial charge < -0.3 is 14.7 Å². The molecule has 2 aliphatic rings. The summed E-state index contributed by atoms with van der Waals surface area (Å²) in [5, 5.41) is 9.12. The molecule has 5 nitrogen and oxygen atoms in total. The molecule has 2 unspecified atom stereocenters. The Kier molecular flexibility index (Phi) is 4.36. The van der Waals surface area contributed by atoms with Crippen molar-refractivity contribution in [3.05, 3.63) is 28.7 Å². The molecule has 3 rings (SSSR count). The molecular weight excluding hydrogens is 362 g/mol. The summed E-state index contributed by atoms with van der Waals surface area (Å²) in [7, 11) is 0. The van der Waals surface area contributed by atoms with Crippen molar-refractivity contribution in [2.45, 2.75) is 32.3 Å². The van der Waals surface area contributed by atoms with Crippen molar-refractivity contribution < 1.29 is 19.4 Å². The molecule has 1 aromatic rings. The highest BCUT2D eigenvalue weighted by Crippen LogP contribution is 2.59. The van der Waals surface area contributed by atoms with Crippen LogP contribution in [0.2, 0.25) is 0 Å². The predicted molar refractivity (Wildman–Crippen MR) is 88.2 cm³/mol. The van der Waals surface area contributed by atoms with Crippen LogP contribution in [-0.4, -0.2) is 41.1 Å². The summed E-state index contributed by atoms with van der Waals surface area (Å²) >= 11 is 3.41. The molecule has 1 spiro atoms. The molecule has 0 radical (unpaired) electrons. The molecule has 1 heterocycles. The molecule has 0 aromatic heterocycles. The molecule has 2 fully saturated rings. The van der Waals surface area contributed by atoms with Crippen LogP contribution < -0.4 is 4.74 Å². The highest BCUT2D eigenvalue weighted by atomic mass is 79.9. The monoisotopic (exact) mass is 381 g/mol. The number of likely N-dealkylation sites (tertiary alicyclic amines) is 1. The SMILES string of the molecule is CC(Oc1ccccc1Br)C(=O)N1CCC2(CC1)CC2C(=O)O. The quantitative estimate of drug-likeness (QED) is 0.870. The Morgan fingerprint density at radius 2 is 2.00 bits per heavy atom. The van der Waals surface area contributed by atoms with Gasteiger partial charge in [-0.2, -0.15) is 0 Å². The smallest absolute Gasteiger partial charge is 0.307 e. The number of piperidine rings is 1. The van der Waals surface area contributed by atoms with E-state index < -0.39 is 12.1 Å². The van der Waals surface area contributed by atoms with Gasteiger partial charge in [0.1, 0.15) is 5.75 Å². The van der Waals surface area contributed by atoms with E-state index in [0.717, 1.165) is 23.7 Å². The van der Waals surface area contributed by atoms with E-state index in [9.17, 15) is 9.59 Å². The first kappa shape index (κ1) is 16.3. The Hall–Kier alpha value is -1.56. The number of hydrogen-bond donors (Lipinski definition) is 1. The lowest BCUT2D eigenvalue weighted by atomic mass is 9.90. The Balaban J connectivity index is 1.55. The first-order chi connectivity index (χ1) is 10.9. The topological polar surface area (TPSA) is 66.8 Å². The number of carbonyl (C=O) groups excluding carboxylic acids is 1. The molecule has 1 aliphatic carbocycles. The van der Waals surface area contributed by atoms with Crippen LogP contribution in [0, 0.1) is 11.3 Å². The molecule has 23 heavy (non-hydrogen) atoms. The van der Waals surface area contributed by atoms with Gasteiger partial charge in [-0.1, -0.05) is 12.1 Å². The van der Waals surface area contributed by atoms with Gasteiger partial charge in [0.15, 0.2) is 6.10 Å². The second-order valence-electron chi connectivity index (χ2n) is 6.47. The van der Waals surface area contributed by atoms with E-state index in [4.69, 9.17) is 9.84 Å². The number of para-hydroxylation sites is 1. The van der Waals surface area contributed by atoms with Gasteiger partial charge >= 0.3 is 5.97 Å². The van der Waals surface area contributed by atoms with Gasteiger partial charge in [0.2, 0.25) is 0 Å². The van der Waals surface area contributed by atoms with Gasteiger partial charge in [-0.15, -0.1) is 0 Å². The molecule has 1 aliphatic heterocycles. The number of benzene rings is 1. The van der Waals surface area contributed by atoms with Gasteiger partial charge in [-0.05, 0) is 59.7 Å². The van der Waals surface area contributed by atoms with E-state index in [-0.39, 0.29) is 17.2 Å². The summed E-state index contributed by atoms with van der Waals surface area (Å²) in [5.41, 5.74) is -0.0604. The normalized spacial score (nSPS) is 23.4. The second-order valence-corrected chi connectivity index (χ2v) is 7.33. The Labute approximate surface area is 143 Å². The number of amides is 1. The van der Waals surface area contributed by atoms with Gasteiger partial charge in [0.25, 0.3) is 5.91 Å². The Morgan fingerprint density at radius 3 is 2.57 bits per heavy atom. The molecule has 6 heteroatoms. The molecule has 1 saturated carbocycles. The van der Waals surface area contributed by atoms with Crippen molar-refractivity contribution in [3.63, 3.8) is 0 Å². The van der Waals surface area contributed by atoms with Crippen molar-refractivity contribution in [2.24, 2.45) is 11.3 Å². The van der Waals surface area contributed by atoms with Crippen LogP contribution in [0.5, 0.6) is 5.75 Å². The number of hydrogen-bond acceptors (Lipinski definition) is 3. The first-order valence-corrected chi connectivity index (χ1v) is 8.65.